The largest absolute Gasteiger partial charge is 0.365 e. The number of hydrogen-bond acceptors (Lipinski definition) is 2. The minimum atomic E-state index is -0.682. The second-order valence-corrected chi connectivity index (χ2v) is 2.83. The molecule has 0 aromatic heterocycles. The normalized spacial score (nSPS) is 11.9. The van der Waals surface area contributed by atoms with Crippen LogP contribution in [0.3, 0.4) is 0 Å². The second kappa shape index (κ2) is 4.56. The Bertz CT molecular complexity index is 337. The lowest BCUT2D eigenvalue weighted by Gasteiger charge is -2.11. The Balaban J connectivity index is 2.91. The van der Waals surface area contributed by atoms with E-state index in [-0.39, 0.29) is 5.69 Å². The summed E-state index contributed by atoms with van der Waals surface area (Å²) >= 11 is 0. The van der Waals surface area contributed by atoms with Crippen LogP contribution in [0, 0.1) is 23.0 Å². The lowest BCUT2D eigenvalue weighted by Crippen LogP contribution is -2.17. The fourth-order valence-electron chi connectivity index (χ4n) is 1.04. The van der Waals surface area contributed by atoms with Crippen molar-refractivity contribution in [3.63, 3.8) is 0 Å². The zero-order valence-electron chi connectivity index (χ0n) is 7.72. The summed E-state index contributed by atoms with van der Waals surface area (Å²) in [4.78, 5) is 0. The van der Waals surface area contributed by atoms with Gasteiger partial charge in [0.25, 0.3) is 0 Å². The van der Waals surface area contributed by atoms with Gasteiger partial charge in [0.2, 0.25) is 0 Å². The molecule has 0 spiro atoms. The van der Waals surface area contributed by atoms with Crippen molar-refractivity contribution in [3.05, 3.63) is 29.8 Å². The molecule has 14 heavy (non-hydrogen) atoms. The third-order valence-corrected chi connectivity index (χ3v) is 1.85. The second-order valence-electron chi connectivity index (χ2n) is 2.83. The molecule has 74 valence electrons. The summed E-state index contributed by atoms with van der Waals surface area (Å²) in [6.45, 7) is 1.76. The Morgan fingerprint density at radius 3 is 2.43 bits per heavy atom. The van der Waals surface area contributed by atoms with Gasteiger partial charge in [-0.05, 0) is 18.6 Å². The molecule has 0 saturated heterocycles. The van der Waals surface area contributed by atoms with Gasteiger partial charge in [0.05, 0.1) is 6.07 Å². The topological polar surface area (TPSA) is 35.8 Å². The molecule has 0 radical (unpaired) electrons. The zero-order valence-corrected chi connectivity index (χ0v) is 7.72. The highest BCUT2D eigenvalue weighted by atomic mass is 19.1. The van der Waals surface area contributed by atoms with Crippen LogP contribution < -0.4 is 5.32 Å². The number of para-hydroxylation sites is 1. The van der Waals surface area contributed by atoms with Gasteiger partial charge in [-0.2, -0.15) is 5.26 Å². The van der Waals surface area contributed by atoms with E-state index in [9.17, 15) is 8.78 Å². The lowest BCUT2D eigenvalue weighted by molar-refractivity contribution is 0.585. The predicted octanol–water partition coefficient (Wildman–Crippen LogP) is 2.68. The molecule has 0 amide bonds. The van der Waals surface area contributed by atoms with Gasteiger partial charge in [-0.25, -0.2) is 8.78 Å². The van der Waals surface area contributed by atoms with E-state index >= 15 is 0 Å². The van der Waals surface area contributed by atoms with Gasteiger partial charge in [0.1, 0.15) is 23.4 Å². The molecule has 0 bridgehead atoms. The van der Waals surface area contributed by atoms with E-state index < -0.39 is 17.7 Å². The Morgan fingerprint density at radius 2 is 2.00 bits per heavy atom. The van der Waals surface area contributed by atoms with E-state index in [0.29, 0.717) is 6.42 Å². The van der Waals surface area contributed by atoms with Crippen molar-refractivity contribution in [2.24, 2.45) is 0 Å². The van der Waals surface area contributed by atoms with E-state index in [2.05, 4.69) is 5.32 Å². The van der Waals surface area contributed by atoms with Crippen LogP contribution in [-0.2, 0) is 0 Å². The lowest BCUT2D eigenvalue weighted by atomic mass is 10.2. The molecule has 0 aliphatic heterocycles. The van der Waals surface area contributed by atoms with Crippen molar-refractivity contribution in [2.45, 2.75) is 19.4 Å². The van der Waals surface area contributed by atoms with Crippen LogP contribution in [0.15, 0.2) is 18.2 Å². The van der Waals surface area contributed by atoms with Crippen molar-refractivity contribution in [3.8, 4) is 6.07 Å². The third-order valence-electron chi connectivity index (χ3n) is 1.85. The van der Waals surface area contributed by atoms with E-state index in [1.807, 2.05) is 6.07 Å². The number of rotatable bonds is 3. The average molecular weight is 196 g/mol. The first-order chi connectivity index (χ1) is 6.69. The number of anilines is 1. The van der Waals surface area contributed by atoms with Gasteiger partial charge in [-0.15, -0.1) is 0 Å². The van der Waals surface area contributed by atoms with Gasteiger partial charge in [0, 0.05) is 0 Å². The molecule has 0 aliphatic carbocycles. The molecule has 0 saturated carbocycles. The summed E-state index contributed by atoms with van der Waals surface area (Å²) in [5.41, 5.74) is -0.235. The van der Waals surface area contributed by atoms with E-state index in [4.69, 9.17) is 5.26 Å². The highest BCUT2D eigenvalue weighted by Crippen LogP contribution is 2.19. The fourth-order valence-corrected chi connectivity index (χ4v) is 1.04. The Hall–Kier alpha value is -1.63. The average Bonchev–Trinajstić information content (AvgIpc) is 2.18. The van der Waals surface area contributed by atoms with Crippen LogP contribution >= 0.6 is 0 Å². The monoisotopic (exact) mass is 196 g/mol. The first-order valence-electron chi connectivity index (χ1n) is 4.29. The van der Waals surface area contributed by atoms with E-state index in [0.717, 1.165) is 12.1 Å². The van der Waals surface area contributed by atoms with Gasteiger partial charge in [-0.3, -0.25) is 0 Å². The highest BCUT2D eigenvalue weighted by molar-refractivity contribution is 5.47. The molecule has 1 aromatic carbocycles. The van der Waals surface area contributed by atoms with Crippen molar-refractivity contribution in [1.82, 2.24) is 0 Å². The smallest absolute Gasteiger partial charge is 0.149 e. The number of halogens is 2. The maximum Gasteiger partial charge on any atom is 0.149 e. The molecular formula is C10H10F2N2. The Labute approximate surface area is 81.2 Å². The van der Waals surface area contributed by atoms with Crippen LogP contribution in [0.2, 0.25) is 0 Å². The highest BCUT2D eigenvalue weighted by Gasteiger charge is 2.11. The number of nitrogens with one attached hydrogen (secondary N) is 1. The molecule has 1 aromatic rings. The van der Waals surface area contributed by atoms with Crippen LogP contribution in [0.4, 0.5) is 14.5 Å². The van der Waals surface area contributed by atoms with Gasteiger partial charge >= 0.3 is 0 Å². The van der Waals surface area contributed by atoms with E-state index in [1.54, 1.807) is 6.92 Å². The van der Waals surface area contributed by atoms with Crippen LogP contribution in [0.5, 0.6) is 0 Å². The summed E-state index contributed by atoms with van der Waals surface area (Å²) in [6, 6.07) is 4.92. The minimum Gasteiger partial charge on any atom is -0.365 e. The zero-order chi connectivity index (χ0) is 10.6. The standard InChI is InChI=1S/C10H10F2N2/c1-2-7(6-13)14-10-8(11)4-3-5-9(10)12/h3-5,7,14H,2H2,1H3. The number of benzene rings is 1. The molecule has 1 N–H and O–H groups in total. The van der Waals surface area contributed by atoms with E-state index in [1.165, 1.54) is 6.07 Å². The summed E-state index contributed by atoms with van der Waals surface area (Å²) in [5.74, 6) is -1.36. The van der Waals surface area contributed by atoms with Crippen LogP contribution in [0.25, 0.3) is 0 Å². The molecule has 1 atom stereocenters. The predicted molar refractivity (Wildman–Crippen MR) is 49.7 cm³/mol. The molecule has 0 fully saturated rings. The summed E-state index contributed by atoms with van der Waals surface area (Å²) in [7, 11) is 0. The molecule has 4 heteroatoms. The third kappa shape index (κ3) is 2.19. The minimum absolute atomic E-state index is 0.235. The summed E-state index contributed by atoms with van der Waals surface area (Å²) < 4.78 is 26.1. The first-order valence-corrected chi connectivity index (χ1v) is 4.29. The molecule has 0 heterocycles. The van der Waals surface area contributed by atoms with Crippen molar-refractivity contribution in [1.29, 1.82) is 5.26 Å². The maximum absolute atomic E-state index is 13.1. The molecule has 1 rings (SSSR count). The maximum atomic E-state index is 13.1. The molecule has 2 nitrogen and oxygen atoms in total. The van der Waals surface area contributed by atoms with Gasteiger partial charge in [0.15, 0.2) is 0 Å². The quantitative estimate of drug-likeness (QED) is 0.806. The fraction of sp³-hybridized carbons (Fsp3) is 0.300. The van der Waals surface area contributed by atoms with Crippen molar-refractivity contribution in [2.75, 3.05) is 5.32 Å². The number of nitrogens with zero attached hydrogens (tertiary/aromatic N) is 1. The van der Waals surface area contributed by atoms with Crippen LogP contribution in [0.1, 0.15) is 13.3 Å². The molecule has 0 aliphatic rings. The SMILES string of the molecule is CCC(C#N)Nc1c(F)cccc1F. The number of nitriles is 1. The Kier molecular flexibility index (Phi) is 3.41. The Morgan fingerprint density at radius 1 is 1.43 bits per heavy atom. The van der Waals surface area contributed by atoms with Crippen LogP contribution in [-0.4, -0.2) is 6.04 Å². The summed E-state index contributed by atoms with van der Waals surface area (Å²) in [5, 5.41) is 11.1. The summed E-state index contributed by atoms with van der Waals surface area (Å²) in [6.07, 6.45) is 0.490. The van der Waals surface area contributed by atoms with Crippen molar-refractivity contribution >= 4 is 5.69 Å². The number of hydrogen-bond donors (Lipinski definition) is 1. The molecular weight excluding hydrogens is 186 g/mol. The first kappa shape index (κ1) is 10.5. The van der Waals surface area contributed by atoms with Gasteiger partial charge in [-0.1, -0.05) is 13.0 Å². The molecule has 1 unspecified atom stereocenters. The van der Waals surface area contributed by atoms with Gasteiger partial charge < -0.3 is 5.32 Å². The van der Waals surface area contributed by atoms with Crippen molar-refractivity contribution < 1.29 is 8.78 Å².